The van der Waals surface area contributed by atoms with Gasteiger partial charge in [-0.2, -0.15) is 0 Å². The number of hydrogen-bond donors (Lipinski definition) is 0. The van der Waals surface area contributed by atoms with Crippen LogP contribution >= 0.6 is 0 Å². The maximum Gasteiger partial charge on any atom is 0.0546 e. The molecule has 0 radical (unpaired) electrons. The Labute approximate surface area is 299 Å². The van der Waals surface area contributed by atoms with Crippen LogP contribution in [-0.4, -0.2) is 0 Å². The minimum atomic E-state index is 1.11. The molecule has 0 aliphatic rings. The second-order valence-electron chi connectivity index (χ2n) is 13.0. The molecule has 0 aliphatic heterocycles. The second-order valence-corrected chi connectivity index (χ2v) is 13.0. The molecule has 0 bridgehead atoms. The highest BCUT2D eigenvalue weighted by molar-refractivity contribution is 6.14. The van der Waals surface area contributed by atoms with Gasteiger partial charge in [-0.25, -0.2) is 0 Å². The summed E-state index contributed by atoms with van der Waals surface area (Å²) in [5.74, 6) is 0. The molecule has 1 heteroatoms. The van der Waals surface area contributed by atoms with Crippen molar-refractivity contribution in [3.63, 3.8) is 0 Å². The Morgan fingerprint density at radius 3 is 1.31 bits per heavy atom. The summed E-state index contributed by atoms with van der Waals surface area (Å²) in [6, 6.07) is 76.6. The molecule has 9 aromatic rings. The molecule has 0 aromatic heterocycles. The van der Waals surface area contributed by atoms with Crippen LogP contribution in [0.2, 0.25) is 0 Å². The minimum absolute atomic E-state index is 1.11. The molecular weight excluding hydrogens is 615 g/mol. The molecule has 0 atom stereocenters. The summed E-state index contributed by atoms with van der Waals surface area (Å²) in [5, 5.41) is 4.95. The summed E-state index contributed by atoms with van der Waals surface area (Å²) >= 11 is 0. The molecule has 240 valence electrons. The van der Waals surface area contributed by atoms with E-state index in [9.17, 15) is 0 Å². The Morgan fingerprint density at radius 2 is 0.686 bits per heavy atom. The van der Waals surface area contributed by atoms with Crippen LogP contribution in [0.25, 0.3) is 66.1 Å². The second kappa shape index (κ2) is 13.3. The van der Waals surface area contributed by atoms with E-state index in [1.807, 2.05) is 0 Å². The lowest BCUT2D eigenvalue weighted by Crippen LogP contribution is -2.10. The third kappa shape index (κ3) is 5.86. The highest BCUT2D eigenvalue weighted by atomic mass is 15.1. The maximum absolute atomic E-state index is 2.41. The van der Waals surface area contributed by atoms with Crippen molar-refractivity contribution in [2.45, 2.75) is 0 Å². The third-order valence-electron chi connectivity index (χ3n) is 9.87. The van der Waals surface area contributed by atoms with E-state index in [2.05, 4.69) is 217 Å². The van der Waals surface area contributed by atoms with E-state index in [0.29, 0.717) is 0 Å². The monoisotopic (exact) mass is 649 g/mol. The van der Waals surface area contributed by atoms with Crippen LogP contribution in [-0.2, 0) is 0 Å². The van der Waals surface area contributed by atoms with Gasteiger partial charge in [0.1, 0.15) is 0 Å². The number of nitrogens with zero attached hydrogens (tertiary/aromatic N) is 1. The Bertz CT molecular complexity index is 2590. The van der Waals surface area contributed by atoms with Gasteiger partial charge in [0.25, 0.3) is 0 Å². The van der Waals surface area contributed by atoms with Gasteiger partial charge in [-0.3, -0.25) is 0 Å². The highest BCUT2D eigenvalue weighted by Crippen LogP contribution is 2.43. The molecule has 51 heavy (non-hydrogen) atoms. The Morgan fingerprint density at radius 1 is 0.255 bits per heavy atom. The normalized spacial score (nSPS) is 11.1. The van der Waals surface area contributed by atoms with Crippen LogP contribution in [0.3, 0.4) is 0 Å². The first-order chi connectivity index (χ1) is 25.3. The molecule has 0 amide bonds. The SMILES string of the molecule is c1ccc(-c2ccc(N(c3ccc(-c4ccc(-c5ccccc5)cc4-c4ccccc4)cc3)c3cc4ccccc4c4ccccc34)cc2)cc1. The van der Waals surface area contributed by atoms with Crippen LogP contribution in [0.1, 0.15) is 0 Å². The number of anilines is 3. The van der Waals surface area contributed by atoms with Crippen molar-refractivity contribution < 1.29 is 0 Å². The van der Waals surface area contributed by atoms with Gasteiger partial charge in [0.05, 0.1) is 5.69 Å². The Hall–Kier alpha value is -6.70. The molecular formula is C50H35N. The molecule has 0 heterocycles. The van der Waals surface area contributed by atoms with E-state index < -0.39 is 0 Å². The average Bonchev–Trinajstić information content (AvgIpc) is 3.22. The highest BCUT2D eigenvalue weighted by Gasteiger charge is 2.18. The molecule has 1 nitrogen and oxygen atoms in total. The largest absolute Gasteiger partial charge is 0.310 e. The van der Waals surface area contributed by atoms with E-state index in [-0.39, 0.29) is 0 Å². The van der Waals surface area contributed by atoms with E-state index >= 15 is 0 Å². The maximum atomic E-state index is 2.41. The zero-order chi connectivity index (χ0) is 34.0. The van der Waals surface area contributed by atoms with Crippen LogP contribution < -0.4 is 4.90 Å². The lowest BCUT2D eigenvalue weighted by atomic mass is 9.91. The summed E-state index contributed by atoms with van der Waals surface area (Å²) in [6.45, 7) is 0. The predicted octanol–water partition coefficient (Wildman–Crippen LogP) is 14.1. The lowest BCUT2D eigenvalue weighted by Gasteiger charge is -2.28. The lowest BCUT2D eigenvalue weighted by molar-refractivity contribution is 1.30. The molecule has 0 unspecified atom stereocenters. The van der Waals surface area contributed by atoms with Crippen LogP contribution in [0.15, 0.2) is 212 Å². The van der Waals surface area contributed by atoms with E-state index in [1.165, 1.54) is 66.1 Å². The first-order valence-electron chi connectivity index (χ1n) is 17.5. The van der Waals surface area contributed by atoms with Gasteiger partial charge in [-0.05, 0) is 97.1 Å². The summed E-state index contributed by atoms with van der Waals surface area (Å²) in [4.78, 5) is 2.41. The zero-order valence-corrected chi connectivity index (χ0v) is 28.2. The zero-order valence-electron chi connectivity index (χ0n) is 28.2. The number of fused-ring (bicyclic) bond motifs is 3. The average molecular weight is 650 g/mol. The van der Waals surface area contributed by atoms with Gasteiger partial charge in [0.15, 0.2) is 0 Å². The standard InChI is InChI=1S/C50H35N/c1-4-14-36(15-5-1)38-24-29-43(30-25-38)51(50-35-42-20-10-11-21-45(42)47-22-12-13-23-48(47)50)44-31-26-40(27-32-44)46-33-28-41(37-16-6-2-7-17-37)34-49(46)39-18-8-3-9-19-39/h1-35H. The van der Waals surface area contributed by atoms with Crippen molar-refractivity contribution in [3.8, 4) is 44.5 Å². The van der Waals surface area contributed by atoms with Gasteiger partial charge >= 0.3 is 0 Å². The number of benzene rings is 9. The fourth-order valence-corrected chi connectivity index (χ4v) is 7.33. The molecule has 9 rings (SSSR count). The molecule has 0 spiro atoms. The van der Waals surface area contributed by atoms with E-state index in [4.69, 9.17) is 0 Å². The summed E-state index contributed by atoms with van der Waals surface area (Å²) in [5.41, 5.74) is 13.0. The summed E-state index contributed by atoms with van der Waals surface area (Å²) < 4.78 is 0. The number of hydrogen-bond acceptors (Lipinski definition) is 1. The van der Waals surface area contributed by atoms with Crippen molar-refractivity contribution in [2.75, 3.05) is 4.90 Å². The Balaban J connectivity index is 1.19. The van der Waals surface area contributed by atoms with Gasteiger partial charge in [0.2, 0.25) is 0 Å². The smallest absolute Gasteiger partial charge is 0.0546 e. The van der Waals surface area contributed by atoms with Crippen molar-refractivity contribution in [1.29, 1.82) is 0 Å². The summed E-state index contributed by atoms with van der Waals surface area (Å²) in [6.07, 6.45) is 0. The third-order valence-corrected chi connectivity index (χ3v) is 9.87. The minimum Gasteiger partial charge on any atom is -0.310 e. The van der Waals surface area contributed by atoms with E-state index in [0.717, 1.165) is 17.1 Å². The predicted molar refractivity (Wildman–Crippen MR) is 218 cm³/mol. The number of rotatable bonds is 7. The van der Waals surface area contributed by atoms with Crippen molar-refractivity contribution in [1.82, 2.24) is 0 Å². The first kappa shape index (κ1) is 30.4. The van der Waals surface area contributed by atoms with E-state index in [1.54, 1.807) is 0 Å². The topological polar surface area (TPSA) is 3.24 Å². The van der Waals surface area contributed by atoms with Gasteiger partial charge < -0.3 is 4.90 Å². The molecule has 0 fully saturated rings. The van der Waals surface area contributed by atoms with Gasteiger partial charge in [-0.1, -0.05) is 176 Å². The van der Waals surface area contributed by atoms with Crippen molar-refractivity contribution in [2.24, 2.45) is 0 Å². The van der Waals surface area contributed by atoms with Crippen LogP contribution in [0, 0.1) is 0 Å². The van der Waals surface area contributed by atoms with Crippen LogP contribution in [0.4, 0.5) is 17.1 Å². The molecule has 9 aromatic carbocycles. The first-order valence-corrected chi connectivity index (χ1v) is 17.5. The summed E-state index contributed by atoms with van der Waals surface area (Å²) in [7, 11) is 0. The molecule has 0 N–H and O–H groups in total. The Kier molecular flexibility index (Phi) is 7.92. The van der Waals surface area contributed by atoms with Gasteiger partial charge in [-0.15, -0.1) is 0 Å². The molecule has 0 saturated heterocycles. The van der Waals surface area contributed by atoms with Crippen LogP contribution in [0.5, 0.6) is 0 Å². The van der Waals surface area contributed by atoms with Crippen molar-refractivity contribution in [3.05, 3.63) is 212 Å². The molecule has 0 saturated carbocycles. The fourth-order valence-electron chi connectivity index (χ4n) is 7.33. The van der Waals surface area contributed by atoms with Gasteiger partial charge in [0, 0.05) is 16.8 Å². The fraction of sp³-hybridized carbons (Fsp3) is 0. The molecule has 0 aliphatic carbocycles. The van der Waals surface area contributed by atoms with Crippen molar-refractivity contribution >= 4 is 38.6 Å². The quantitative estimate of drug-likeness (QED) is 0.155.